The molecule has 5 nitrogen and oxygen atoms in total. The van der Waals surface area contributed by atoms with Crippen LogP contribution in [-0.2, 0) is 14.8 Å². The summed E-state index contributed by atoms with van der Waals surface area (Å²) in [6, 6.07) is 0. The van der Waals surface area contributed by atoms with Gasteiger partial charge in [0.25, 0.3) is 0 Å². The first-order valence-electron chi connectivity index (χ1n) is 4.76. The molecule has 2 saturated carbocycles. The molecule has 0 atom stereocenters. The van der Waals surface area contributed by atoms with E-state index >= 15 is 0 Å². The van der Waals surface area contributed by atoms with Crippen LogP contribution in [0.2, 0.25) is 0 Å². The van der Waals surface area contributed by atoms with Crippen molar-refractivity contribution < 1.29 is 13.2 Å². The molecule has 6 heteroatoms. The SMILES string of the molecule is NCC1(C(=O)NS(=O)(=O)C2CC2)CC1. The summed E-state index contributed by atoms with van der Waals surface area (Å²) in [4.78, 5) is 11.5. The van der Waals surface area contributed by atoms with Crippen molar-refractivity contribution in [2.24, 2.45) is 11.1 Å². The first-order chi connectivity index (χ1) is 6.50. The normalized spacial score (nSPS) is 24.4. The third kappa shape index (κ3) is 1.64. The second-order valence-corrected chi connectivity index (χ2v) is 6.12. The van der Waals surface area contributed by atoms with E-state index in [4.69, 9.17) is 5.73 Å². The Bertz CT molecular complexity index is 355. The van der Waals surface area contributed by atoms with E-state index < -0.39 is 21.3 Å². The first-order valence-corrected chi connectivity index (χ1v) is 6.31. The average molecular weight is 218 g/mol. The molecule has 0 radical (unpaired) electrons. The van der Waals surface area contributed by atoms with Crippen LogP contribution >= 0.6 is 0 Å². The zero-order chi connectivity index (χ0) is 10.4. The summed E-state index contributed by atoms with van der Waals surface area (Å²) in [5.41, 5.74) is 4.84. The predicted octanol–water partition coefficient (Wildman–Crippen LogP) is -0.666. The zero-order valence-corrected chi connectivity index (χ0v) is 8.64. The Morgan fingerprint density at radius 3 is 2.36 bits per heavy atom. The van der Waals surface area contributed by atoms with Crippen molar-refractivity contribution in [3.8, 4) is 0 Å². The minimum atomic E-state index is -3.39. The Hall–Kier alpha value is -0.620. The number of amides is 1. The molecule has 0 aliphatic heterocycles. The van der Waals surface area contributed by atoms with Crippen LogP contribution in [0.3, 0.4) is 0 Å². The minimum absolute atomic E-state index is 0.235. The van der Waals surface area contributed by atoms with E-state index in [0.717, 1.165) is 0 Å². The second kappa shape index (κ2) is 2.93. The molecule has 2 aliphatic carbocycles. The van der Waals surface area contributed by atoms with Crippen LogP contribution in [0.1, 0.15) is 25.7 Å². The maximum absolute atomic E-state index is 11.5. The van der Waals surface area contributed by atoms with E-state index in [1.165, 1.54) is 0 Å². The standard InChI is InChI=1S/C8H14N2O3S/c9-5-8(3-4-8)7(11)10-14(12,13)6-1-2-6/h6H,1-5,9H2,(H,10,11). The molecule has 0 heterocycles. The Kier molecular flexibility index (Phi) is 2.08. The van der Waals surface area contributed by atoms with Crippen LogP contribution in [0.15, 0.2) is 0 Å². The van der Waals surface area contributed by atoms with Gasteiger partial charge in [-0.05, 0) is 25.7 Å². The highest BCUT2D eigenvalue weighted by atomic mass is 32.2. The van der Waals surface area contributed by atoms with Crippen LogP contribution in [0.4, 0.5) is 0 Å². The number of hydrogen-bond donors (Lipinski definition) is 2. The molecule has 0 aromatic heterocycles. The number of sulfonamides is 1. The van der Waals surface area contributed by atoms with Crippen molar-refractivity contribution in [3.63, 3.8) is 0 Å². The van der Waals surface area contributed by atoms with Crippen LogP contribution in [0.5, 0.6) is 0 Å². The van der Waals surface area contributed by atoms with Gasteiger partial charge in [0.15, 0.2) is 0 Å². The van der Waals surface area contributed by atoms with Crippen LogP contribution < -0.4 is 10.5 Å². The van der Waals surface area contributed by atoms with Gasteiger partial charge in [0.1, 0.15) is 0 Å². The van der Waals surface area contributed by atoms with Gasteiger partial charge in [-0.1, -0.05) is 0 Å². The van der Waals surface area contributed by atoms with Crippen molar-refractivity contribution >= 4 is 15.9 Å². The molecule has 1 amide bonds. The van der Waals surface area contributed by atoms with Crippen molar-refractivity contribution in [3.05, 3.63) is 0 Å². The van der Waals surface area contributed by atoms with Crippen LogP contribution in [0.25, 0.3) is 0 Å². The van der Waals surface area contributed by atoms with Crippen LogP contribution in [-0.4, -0.2) is 26.1 Å². The third-order valence-corrected chi connectivity index (χ3v) is 4.74. The van der Waals surface area contributed by atoms with E-state index in [2.05, 4.69) is 4.72 Å². The Morgan fingerprint density at radius 2 is 2.00 bits per heavy atom. The number of rotatable bonds is 4. The average Bonchev–Trinajstić information content (AvgIpc) is 2.99. The fourth-order valence-corrected chi connectivity index (χ4v) is 2.77. The van der Waals surface area contributed by atoms with Gasteiger partial charge in [0.2, 0.25) is 15.9 Å². The monoisotopic (exact) mass is 218 g/mol. The fraction of sp³-hybridized carbons (Fsp3) is 0.875. The molecule has 0 aromatic carbocycles. The van der Waals surface area contributed by atoms with E-state index in [1.807, 2.05) is 0 Å². The molecule has 0 aromatic rings. The number of carbonyl (C=O) groups excluding carboxylic acids is 1. The van der Waals surface area contributed by atoms with Gasteiger partial charge in [-0.3, -0.25) is 9.52 Å². The topological polar surface area (TPSA) is 89.3 Å². The van der Waals surface area contributed by atoms with Gasteiger partial charge in [-0.2, -0.15) is 0 Å². The molecule has 0 spiro atoms. The summed E-state index contributed by atoms with van der Waals surface area (Å²) in [6.45, 7) is 0.235. The van der Waals surface area contributed by atoms with E-state index in [9.17, 15) is 13.2 Å². The molecule has 2 aliphatic rings. The second-order valence-electron chi connectivity index (χ2n) is 4.16. The van der Waals surface area contributed by atoms with Gasteiger partial charge < -0.3 is 5.73 Å². The van der Waals surface area contributed by atoms with Crippen molar-refractivity contribution in [2.45, 2.75) is 30.9 Å². The van der Waals surface area contributed by atoms with Crippen molar-refractivity contribution in [1.82, 2.24) is 4.72 Å². The molecule has 2 fully saturated rings. The zero-order valence-electron chi connectivity index (χ0n) is 7.82. The minimum Gasteiger partial charge on any atom is -0.329 e. The highest BCUT2D eigenvalue weighted by Gasteiger charge is 2.50. The maximum Gasteiger partial charge on any atom is 0.240 e. The first kappa shape index (κ1) is 9.92. The van der Waals surface area contributed by atoms with Gasteiger partial charge in [-0.25, -0.2) is 8.42 Å². The van der Waals surface area contributed by atoms with Gasteiger partial charge >= 0.3 is 0 Å². The number of nitrogens with one attached hydrogen (secondary N) is 1. The summed E-state index contributed by atoms with van der Waals surface area (Å²) < 4.78 is 25.0. The van der Waals surface area contributed by atoms with Crippen molar-refractivity contribution in [1.29, 1.82) is 0 Å². The lowest BCUT2D eigenvalue weighted by atomic mass is 10.1. The van der Waals surface area contributed by atoms with E-state index in [1.54, 1.807) is 0 Å². The molecular weight excluding hydrogens is 204 g/mol. The highest BCUT2D eigenvalue weighted by molar-refractivity contribution is 7.90. The summed E-state index contributed by atoms with van der Waals surface area (Å²) in [7, 11) is -3.39. The molecular formula is C8H14N2O3S. The molecule has 3 N–H and O–H groups in total. The largest absolute Gasteiger partial charge is 0.329 e. The molecule has 0 saturated heterocycles. The number of nitrogens with two attached hydrogens (primary N) is 1. The van der Waals surface area contributed by atoms with Crippen LogP contribution in [0, 0.1) is 5.41 Å². The Morgan fingerprint density at radius 1 is 1.43 bits per heavy atom. The smallest absolute Gasteiger partial charge is 0.240 e. The lowest BCUT2D eigenvalue weighted by Crippen LogP contribution is -2.41. The van der Waals surface area contributed by atoms with E-state index in [0.29, 0.717) is 25.7 Å². The molecule has 0 unspecified atom stereocenters. The predicted molar refractivity (Wildman–Crippen MR) is 50.8 cm³/mol. The summed E-state index contributed by atoms with van der Waals surface area (Å²) in [5, 5.41) is -0.347. The number of hydrogen-bond acceptors (Lipinski definition) is 4. The van der Waals surface area contributed by atoms with Gasteiger partial charge in [0, 0.05) is 6.54 Å². The Balaban J connectivity index is 2.01. The van der Waals surface area contributed by atoms with E-state index in [-0.39, 0.29) is 11.8 Å². The highest BCUT2D eigenvalue weighted by Crippen LogP contribution is 2.45. The van der Waals surface area contributed by atoms with Gasteiger partial charge in [0.05, 0.1) is 10.7 Å². The summed E-state index contributed by atoms with van der Waals surface area (Å²) in [5.74, 6) is -0.410. The third-order valence-electron chi connectivity index (χ3n) is 2.92. The Labute approximate surface area is 83.1 Å². The lowest BCUT2D eigenvalue weighted by molar-refractivity contribution is -0.124. The number of carbonyl (C=O) groups is 1. The molecule has 2 rings (SSSR count). The summed E-state index contributed by atoms with van der Waals surface area (Å²) >= 11 is 0. The molecule has 80 valence electrons. The molecule has 14 heavy (non-hydrogen) atoms. The lowest BCUT2D eigenvalue weighted by Gasteiger charge is -2.12. The van der Waals surface area contributed by atoms with Gasteiger partial charge in [-0.15, -0.1) is 0 Å². The van der Waals surface area contributed by atoms with Crippen molar-refractivity contribution in [2.75, 3.05) is 6.54 Å². The quantitative estimate of drug-likeness (QED) is 0.655. The maximum atomic E-state index is 11.5. The fourth-order valence-electron chi connectivity index (χ4n) is 1.37. The summed E-state index contributed by atoms with van der Waals surface area (Å²) in [6.07, 6.45) is 2.74. The molecule has 0 bridgehead atoms.